The molecule has 1 N–H and O–H groups in total. The third-order valence-corrected chi connectivity index (χ3v) is 3.43. The van der Waals surface area contributed by atoms with E-state index in [1.54, 1.807) is 24.2 Å². The van der Waals surface area contributed by atoms with E-state index in [0.717, 1.165) is 43.6 Å². The van der Waals surface area contributed by atoms with Gasteiger partial charge >= 0.3 is 0 Å². The monoisotopic (exact) mass is 254 g/mol. The molecule has 5 heteroatoms. The highest BCUT2D eigenvalue weighted by molar-refractivity contribution is 7.99. The Morgan fingerprint density at radius 1 is 1.18 bits per heavy atom. The zero-order valence-corrected chi connectivity index (χ0v) is 11.5. The van der Waals surface area contributed by atoms with Gasteiger partial charge in [-0.25, -0.2) is 9.97 Å². The summed E-state index contributed by atoms with van der Waals surface area (Å²) in [6.07, 6.45) is 3.56. The molecule has 0 aliphatic rings. The maximum Gasteiger partial charge on any atom is 0.187 e. The molecule has 0 aliphatic heterocycles. The van der Waals surface area contributed by atoms with Crippen LogP contribution in [0, 0.1) is 0 Å². The lowest BCUT2D eigenvalue weighted by Gasteiger charge is -2.17. The van der Waals surface area contributed by atoms with Gasteiger partial charge in [-0.3, -0.25) is 0 Å². The second kappa shape index (κ2) is 9.39. The zero-order valence-electron chi connectivity index (χ0n) is 10.7. The molecule has 0 bridgehead atoms. The first kappa shape index (κ1) is 14.4. The van der Waals surface area contributed by atoms with E-state index in [0.29, 0.717) is 0 Å². The number of thioether (sulfide) groups is 1. The summed E-state index contributed by atoms with van der Waals surface area (Å²) in [7, 11) is 0. The Bertz CT molecular complexity index is 277. The van der Waals surface area contributed by atoms with Crippen LogP contribution in [0.15, 0.2) is 23.6 Å². The molecule has 0 radical (unpaired) electrons. The molecule has 0 saturated heterocycles. The molecular weight excluding hydrogens is 232 g/mol. The van der Waals surface area contributed by atoms with Gasteiger partial charge in [0.1, 0.15) is 0 Å². The van der Waals surface area contributed by atoms with Crippen LogP contribution in [0.2, 0.25) is 0 Å². The number of rotatable bonds is 9. The van der Waals surface area contributed by atoms with Gasteiger partial charge in [-0.1, -0.05) is 25.6 Å². The molecule has 96 valence electrons. The third-order valence-electron chi connectivity index (χ3n) is 2.55. The molecule has 0 fully saturated rings. The number of aromatic nitrogens is 2. The molecule has 0 amide bonds. The Morgan fingerprint density at radius 3 is 2.53 bits per heavy atom. The van der Waals surface area contributed by atoms with E-state index in [-0.39, 0.29) is 0 Å². The Morgan fingerprint density at radius 2 is 1.88 bits per heavy atom. The van der Waals surface area contributed by atoms with Gasteiger partial charge in [0.25, 0.3) is 0 Å². The molecule has 1 aromatic heterocycles. The van der Waals surface area contributed by atoms with Crippen LogP contribution in [0.3, 0.4) is 0 Å². The highest BCUT2D eigenvalue weighted by Gasteiger charge is 1.98. The van der Waals surface area contributed by atoms with E-state index in [9.17, 15) is 0 Å². The third kappa shape index (κ3) is 6.61. The molecular formula is C12H22N4S. The molecule has 0 unspecified atom stereocenters. The molecule has 0 spiro atoms. The fourth-order valence-corrected chi connectivity index (χ4v) is 2.18. The average molecular weight is 254 g/mol. The Labute approximate surface area is 108 Å². The van der Waals surface area contributed by atoms with E-state index in [1.165, 1.54) is 0 Å². The van der Waals surface area contributed by atoms with Crippen molar-refractivity contribution in [1.29, 1.82) is 0 Å². The van der Waals surface area contributed by atoms with Gasteiger partial charge in [0.15, 0.2) is 5.16 Å². The SMILES string of the molecule is CCN(CC)CCNCCSc1ncccn1. The number of hydrogen-bond donors (Lipinski definition) is 1. The van der Waals surface area contributed by atoms with Gasteiger partial charge < -0.3 is 10.2 Å². The van der Waals surface area contributed by atoms with Crippen molar-refractivity contribution in [1.82, 2.24) is 20.2 Å². The van der Waals surface area contributed by atoms with E-state index >= 15 is 0 Å². The number of likely N-dealkylation sites (N-methyl/N-ethyl adjacent to an activating group) is 1. The van der Waals surface area contributed by atoms with Crippen LogP contribution in [-0.2, 0) is 0 Å². The van der Waals surface area contributed by atoms with Crippen molar-refractivity contribution in [3.05, 3.63) is 18.5 Å². The molecule has 1 aromatic rings. The molecule has 0 atom stereocenters. The molecule has 4 nitrogen and oxygen atoms in total. The summed E-state index contributed by atoms with van der Waals surface area (Å²) in [4.78, 5) is 10.8. The van der Waals surface area contributed by atoms with Gasteiger partial charge in [-0.2, -0.15) is 0 Å². The summed E-state index contributed by atoms with van der Waals surface area (Å²) >= 11 is 1.69. The maximum atomic E-state index is 4.17. The summed E-state index contributed by atoms with van der Waals surface area (Å²) in [5.74, 6) is 1.02. The molecule has 1 rings (SSSR count). The standard InChI is InChI=1S/C12H22N4S/c1-3-16(4-2)10-8-13-9-11-17-12-14-6-5-7-15-12/h5-7,13H,3-4,8-11H2,1-2H3. The van der Waals surface area contributed by atoms with E-state index in [1.807, 2.05) is 6.07 Å². The minimum atomic E-state index is 0.859. The first-order valence-corrected chi connectivity index (χ1v) is 7.18. The summed E-state index contributed by atoms with van der Waals surface area (Å²) < 4.78 is 0. The van der Waals surface area contributed by atoms with Crippen molar-refractivity contribution in [2.75, 3.05) is 38.5 Å². The Hall–Kier alpha value is -0.650. The summed E-state index contributed by atoms with van der Waals surface area (Å²) in [5, 5.41) is 4.30. The fraction of sp³-hybridized carbons (Fsp3) is 0.667. The first-order chi connectivity index (χ1) is 8.36. The zero-order chi connectivity index (χ0) is 12.3. The highest BCUT2D eigenvalue weighted by Crippen LogP contribution is 2.08. The molecule has 17 heavy (non-hydrogen) atoms. The van der Waals surface area contributed by atoms with Crippen molar-refractivity contribution in [3.63, 3.8) is 0 Å². The lowest BCUT2D eigenvalue weighted by molar-refractivity contribution is 0.303. The van der Waals surface area contributed by atoms with Gasteiger partial charge in [0, 0.05) is 37.8 Å². The lowest BCUT2D eigenvalue weighted by Crippen LogP contribution is -2.32. The van der Waals surface area contributed by atoms with E-state index in [4.69, 9.17) is 0 Å². The predicted octanol–water partition coefficient (Wildman–Crippen LogP) is 1.50. The average Bonchev–Trinajstić information content (AvgIpc) is 2.39. The van der Waals surface area contributed by atoms with Crippen LogP contribution in [-0.4, -0.2) is 53.3 Å². The second-order valence-corrected chi connectivity index (χ2v) is 4.72. The number of nitrogens with zero attached hydrogens (tertiary/aromatic N) is 3. The fourth-order valence-electron chi connectivity index (χ4n) is 1.48. The summed E-state index contributed by atoms with van der Waals surface area (Å²) in [6.45, 7) is 9.84. The van der Waals surface area contributed by atoms with Crippen molar-refractivity contribution < 1.29 is 0 Å². The molecule has 1 heterocycles. The van der Waals surface area contributed by atoms with Crippen molar-refractivity contribution in [2.24, 2.45) is 0 Å². The lowest BCUT2D eigenvalue weighted by atomic mass is 10.4. The van der Waals surface area contributed by atoms with Crippen LogP contribution in [0.1, 0.15) is 13.8 Å². The molecule has 0 saturated carbocycles. The smallest absolute Gasteiger partial charge is 0.187 e. The highest BCUT2D eigenvalue weighted by atomic mass is 32.2. The molecule has 0 aromatic carbocycles. The van der Waals surface area contributed by atoms with E-state index < -0.39 is 0 Å². The van der Waals surface area contributed by atoms with Crippen LogP contribution < -0.4 is 5.32 Å². The van der Waals surface area contributed by atoms with Crippen LogP contribution in [0.25, 0.3) is 0 Å². The Kier molecular flexibility index (Phi) is 7.96. The molecule has 0 aliphatic carbocycles. The normalized spacial score (nSPS) is 11.0. The largest absolute Gasteiger partial charge is 0.315 e. The quantitative estimate of drug-likeness (QED) is 0.411. The topological polar surface area (TPSA) is 41.0 Å². The van der Waals surface area contributed by atoms with Gasteiger partial charge in [-0.15, -0.1) is 0 Å². The first-order valence-electron chi connectivity index (χ1n) is 6.19. The number of hydrogen-bond acceptors (Lipinski definition) is 5. The second-order valence-electron chi connectivity index (χ2n) is 3.66. The van der Waals surface area contributed by atoms with Crippen molar-refractivity contribution in [2.45, 2.75) is 19.0 Å². The van der Waals surface area contributed by atoms with Crippen molar-refractivity contribution >= 4 is 11.8 Å². The van der Waals surface area contributed by atoms with Gasteiger partial charge in [0.2, 0.25) is 0 Å². The van der Waals surface area contributed by atoms with Crippen molar-refractivity contribution in [3.8, 4) is 0 Å². The summed E-state index contributed by atoms with van der Waals surface area (Å²) in [6, 6.07) is 1.84. The number of nitrogens with one attached hydrogen (secondary N) is 1. The maximum absolute atomic E-state index is 4.17. The van der Waals surface area contributed by atoms with E-state index in [2.05, 4.69) is 34.0 Å². The van der Waals surface area contributed by atoms with Crippen LogP contribution in [0.5, 0.6) is 0 Å². The minimum Gasteiger partial charge on any atom is -0.315 e. The van der Waals surface area contributed by atoms with Crippen LogP contribution in [0.4, 0.5) is 0 Å². The predicted molar refractivity (Wildman–Crippen MR) is 73.4 cm³/mol. The Balaban J connectivity index is 1.98. The van der Waals surface area contributed by atoms with Gasteiger partial charge in [0.05, 0.1) is 0 Å². The minimum absolute atomic E-state index is 0.859. The van der Waals surface area contributed by atoms with Gasteiger partial charge in [-0.05, 0) is 19.2 Å². The van der Waals surface area contributed by atoms with Crippen LogP contribution >= 0.6 is 11.8 Å². The summed E-state index contributed by atoms with van der Waals surface area (Å²) in [5.41, 5.74) is 0.